The van der Waals surface area contributed by atoms with E-state index in [9.17, 15) is 0 Å². The number of guanidine groups is 1. The van der Waals surface area contributed by atoms with Crippen molar-refractivity contribution in [2.75, 3.05) is 19.6 Å². The molecule has 0 bridgehead atoms. The van der Waals surface area contributed by atoms with Gasteiger partial charge in [0.25, 0.3) is 0 Å². The van der Waals surface area contributed by atoms with Crippen LogP contribution in [0.4, 0.5) is 0 Å². The summed E-state index contributed by atoms with van der Waals surface area (Å²) in [5.74, 6) is 0.878. The first-order valence-electron chi connectivity index (χ1n) is 10.2. The Bertz CT molecular complexity index is 932. The summed E-state index contributed by atoms with van der Waals surface area (Å²) >= 11 is 0. The Kier molecular flexibility index (Phi) is 9.44. The van der Waals surface area contributed by atoms with Gasteiger partial charge in [0.15, 0.2) is 5.96 Å². The number of pyridine rings is 1. The van der Waals surface area contributed by atoms with Gasteiger partial charge in [0.2, 0.25) is 0 Å². The van der Waals surface area contributed by atoms with Crippen LogP contribution in [0.15, 0.2) is 47.8 Å². The number of aryl methyl sites for hydroxylation is 2. The first kappa shape index (κ1) is 23.2. The Morgan fingerprint density at radius 3 is 2.69 bits per heavy atom. The van der Waals surface area contributed by atoms with Crippen molar-refractivity contribution in [1.29, 1.82) is 0 Å². The van der Waals surface area contributed by atoms with Crippen molar-refractivity contribution in [2.24, 2.45) is 4.99 Å². The minimum atomic E-state index is 0. The first-order chi connectivity index (χ1) is 13.7. The van der Waals surface area contributed by atoms with E-state index in [1.54, 1.807) is 0 Å². The highest BCUT2D eigenvalue weighted by Gasteiger charge is 2.07. The molecule has 0 atom stereocenters. The molecule has 0 amide bonds. The van der Waals surface area contributed by atoms with Crippen LogP contribution in [0.2, 0.25) is 0 Å². The van der Waals surface area contributed by atoms with Crippen molar-refractivity contribution in [1.82, 2.24) is 20.6 Å². The number of nitrogens with one attached hydrogen (secondary N) is 3. The van der Waals surface area contributed by atoms with E-state index in [0.29, 0.717) is 0 Å². The lowest BCUT2D eigenvalue weighted by Gasteiger charge is -2.11. The van der Waals surface area contributed by atoms with Crippen LogP contribution in [0.3, 0.4) is 0 Å². The molecule has 3 rings (SSSR count). The molecule has 0 radical (unpaired) electrons. The predicted octanol–water partition coefficient (Wildman–Crippen LogP) is 4.39. The zero-order chi connectivity index (χ0) is 19.8. The Balaban J connectivity index is 0.00000300. The molecular formula is C23H32IN5. The van der Waals surface area contributed by atoms with Crippen LogP contribution in [0.1, 0.15) is 36.1 Å². The average Bonchev–Trinajstić information content (AvgIpc) is 3.12. The summed E-state index contributed by atoms with van der Waals surface area (Å²) in [5, 5.41) is 8.13. The third-order valence-corrected chi connectivity index (χ3v) is 5.09. The van der Waals surface area contributed by atoms with Crippen molar-refractivity contribution in [2.45, 2.75) is 40.0 Å². The van der Waals surface area contributed by atoms with E-state index < -0.39 is 0 Å². The minimum Gasteiger partial charge on any atom is -0.361 e. The Morgan fingerprint density at radius 1 is 1.07 bits per heavy atom. The van der Waals surface area contributed by atoms with Gasteiger partial charge in [-0.1, -0.05) is 25.1 Å². The van der Waals surface area contributed by atoms with Crippen molar-refractivity contribution in [3.63, 3.8) is 0 Å². The van der Waals surface area contributed by atoms with Gasteiger partial charge in [0, 0.05) is 49.1 Å². The average molecular weight is 505 g/mol. The number of aromatic nitrogens is 2. The van der Waals surface area contributed by atoms with E-state index in [0.717, 1.165) is 44.9 Å². The van der Waals surface area contributed by atoms with Gasteiger partial charge >= 0.3 is 0 Å². The van der Waals surface area contributed by atoms with Gasteiger partial charge in [-0.3, -0.25) is 9.98 Å². The third-order valence-electron chi connectivity index (χ3n) is 5.09. The van der Waals surface area contributed by atoms with Gasteiger partial charge in [0.05, 0.1) is 0 Å². The number of halogens is 1. The van der Waals surface area contributed by atoms with Gasteiger partial charge in [0.1, 0.15) is 0 Å². The summed E-state index contributed by atoms with van der Waals surface area (Å²) in [7, 11) is 0. The predicted molar refractivity (Wildman–Crippen MR) is 133 cm³/mol. The standard InChI is InChI=1S/C23H31N5.HI/c1-4-18-7-6-8-21-20(16-28-22(18)21)11-14-27-23(25-5-2)26-13-10-19-9-12-24-15-17(19)3;/h6-9,12,15-16,28H,4-5,10-11,13-14H2,1-3H3,(H2,25,26,27);1H. The number of aromatic amines is 1. The Labute approximate surface area is 190 Å². The molecule has 0 aliphatic carbocycles. The zero-order valence-electron chi connectivity index (χ0n) is 17.6. The molecule has 0 unspecified atom stereocenters. The molecule has 29 heavy (non-hydrogen) atoms. The summed E-state index contributed by atoms with van der Waals surface area (Å²) in [4.78, 5) is 12.3. The number of aliphatic imine (C=N–C) groups is 1. The summed E-state index contributed by atoms with van der Waals surface area (Å²) in [6.07, 6.45) is 8.83. The largest absolute Gasteiger partial charge is 0.361 e. The third kappa shape index (κ3) is 6.19. The second kappa shape index (κ2) is 11.8. The van der Waals surface area contributed by atoms with E-state index in [2.05, 4.69) is 71.8 Å². The fourth-order valence-electron chi connectivity index (χ4n) is 3.50. The molecule has 2 aromatic heterocycles. The topological polar surface area (TPSA) is 65.1 Å². The van der Waals surface area contributed by atoms with Crippen LogP contribution in [0.5, 0.6) is 0 Å². The molecule has 0 saturated carbocycles. The molecular weight excluding hydrogens is 473 g/mol. The van der Waals surface area contributed by atoms with Gasteiger partial charge in [-0.25, -0.2) is 0 Å². The van der Waals surface area contributed by atoms with E-state index in [-0.39, 0.29) is 24.0 Å². The molecule has 5 nitrogen and oxygen atoms in total. The number of hydrogen-bond acceptors (Lipinski definition) is 2. The van der Waals surface area contributed by atoms with Crippen molar-refractivity contribution < 1.29 is 0 Å². The van der Waals surface area contributed by atoms with Crippen LogP contribution in [0.25, 0.3) is 10.9 Å². The van der Waals surface area contributed by atoms with E-state index >= 15 is 0 Å². The highest BCUT2D eigenvalue weighted by molar-refractivity contribution is 14.0. The van der Waals surface area contributed by atoms with E-state index in [4.69, 9.17) is 4.99 Å². The number of H-pyrrole nitrogens is 1. The maximum atomic E-state index is 4.72. The smallest absolute Gasteiger partial charge is 0.191 e. The van der Waals surface area contributed by atoms with Crippen LogP contribution in [-0.4, -0.2) is 35.6 Å². The number of fused-ring (bicyclic) bond motifs is 1. The summed E-state index contributed by atoms with van der Waals surface area (Å²) < 4.78 is 0. The second-order valence-corrected chi connectivity index (χ2v) is 7.00. The van der Waals surface area contributed by atoms with E-state index in [1.807, 2.05) is 12.4 Å². The molecule has 0 spiro atoms. The van der Waals surface area contributed by atoms with E-state index in [1.165, 1.54) is 33.2 Å². The van der Waals surface area contributed by atoms with Gasteiger partial charge < -0.3 is 15.6 Å². The lowest BCUT2D eigenvalue weighted by Crippen LogP contribution is -2.38. The van der Waals surface area contributed by atoms with Gasteiger partial charge in [-0.2, -0.15) is 0 Å². The van der Waals surface area contributed by atoms with Crippen LogP contribution in [0, 0.1) is 6.92 Å². The molecule has 0 fully saturated rings. The molecule has 0 aliphatic heterocycles. The fraction of sp³-hybridized carbons (Fsp3) is 0.391. The molecule has 156 valence electrons. The number of hydrogen-bond donors (Lipinski definition) is 3. The minimum absolute atomic E-state index is 0. The molecule has 3 aromatic rings. The molecule has 6 heteroatoms. The van der Waals surface area contributed by atoms with Crippen LogP contribution >= 0.6 is 24.0 Å². The summed E-state index contributed by atoms with van der Waals surface area (Å²) in [6.45, 7) is 8.85. The second-order valence-electron chi connectivity index (χ2n) is 7.00. The Morgan fingerprint density at radius 2 is 1.93 bits per heavy atom. The molecule has 0 saturated heterocycles. The number of nitrogens with zero attached hydrogens (tertiary/aromatic N) is 2. The lowest BCUT2D eigenvalue weighted by atomic mass is 10.1. The van der Waals surface area contributed by atoms with Crippen molar-refractivity contribution >= 4 is 40.8 Å². The van der Waals surface area contributed by atoms with Crippen molar-refractivity contribution in [3.8, 4) is 0 Å². The highest BCUT2D eigenvalue weighted by Crippen LogP contribution is 2.22. The molecule has 3 N–H and O–H groups in total. The molecule has 0 aliphatic rings. The highest BCUT2D eigenvalue weighted by atomic mass is 127. The maximum Gasteiger partial charge on any atom is 0.191 e. The molecule has 2 heterocycles. The number of benzene rings is 1. The maximum absolute atomic E-state index is 4.72. The molecule has 1 aromatic carbocycles. The van der Waals surface area contributed by atoms with Crippen molar-refractivity contribution in [3.05, 3.63) is 65.1 Å². The quantitative estimate of drug-likeness (QED) is 0.242. The number of para-hydroxylation sites is 1. The summed E-state index contributed by atoms with van der Waals surface area (Å²) in [6, 6.07) is 8.63. The fourth-order valence-corrected chi connectivity index (χ4v) is 3.50. The lowest BCUT2D eigenvalue weighted by molar-refractivity contribution is 0.798. The van der Waals surface area contributed by atoms with Gasteiger partial charge in [-0.05, 0) is 61.4 Å². The van der Waals surface area contributed by atoms with Crippen LogP contribution in [-0.2, 0) is 19.3 Å². The van der Waals surface area contributed by atoms with Crippen LogP contribution < -0.4 is 10.6 Å². The monoisotopic (exact) mass is 505 g/mol. The summed E-state index contributed by atoms with van der Waals surface area (Å²) in [5.41, 5.74) is 6.52. The normalized spacial score (nSPS) is 11.3. The van der Waals surface area contributed by atoms with Gasteiger partial charge in [-0.15, -0.1) is 24.0 Å². The zero-order valence-corrected chi connectivity index (χ0v) is 19.9. The Hall–Kier alpha value is -2.09. The SMILES string of the molecule is CCNC(=NCCc1ccncc1C)NCCc1c[nH]c2c(CC)cccc12.I. The number of rotatable bonds is 8. The first-order valence-corrected chi connectivity index (χ1v) is 10.2.